The fraction of sp³-hybridized carbons (Fsp3) is 0.538. The molecule has 0 radical (unpaired) electrons. The normalized spacial score (nSPS) is 23.0. The van der Waals surface area contributed by atoms with Crippen molar-refractivity contribution in [3.63, 3.8) is 0 Å². The predicted molar refractivity (Wildman–Crippen MR) is 83.2 cm³/mol. The molecule has 21 heavy (non-hydrogen) atoms. The van der Waals surface area contributed by atoms with Gasteiger partial charge in [0.15, 0.2) is 0 Å². The van der Waals surface area contributed by atoms with Crippen molar-refractivity contribution < 1.29 is 17.9 Å². The molecular weight excluding hydrogens is 359 g/mol. The minimum atomic E-state index is -3.94. The Morgan fingerprint density at radius 1 is 1.14 bits per heavy atom. The van der Waals surface area contributed by atoms with Crippen LogP contribution in [0, 0.1) is 0 Å². The van der Waals surface area contributed by atoms with Gasteiger partial charge in [-0.1, -0.05) is 23.2 Å². The van der Waals surface area contributed by atoms with Crippen molar-refractivity contribution in [3.05, 3.63) is 22.2 Å². The largest absolute Gasteiger partial charge is 0.489 e. The topological polar surface area (TPSA) is 52.6 Å². The summed E-state index contributed by atoms with van der Waals surface area (Å²) >= 11 is 12.0. The molecule has 118 valence electrons. The van der Waals surface area contributed by atoms with Crippen LogP contribution >= 0.6 is 33.9 Å². The van der Waals surface area contributed by atoms with Crippen molar-refractivity contribution in [2.75, 3.05) is 7.11 Å². The quantitative estimate of drug-likeness (QED) is 0.740. The van der Waals surface area contributed by atoms with E-state index >= 15 is 0 Å². The Morgan fingerprint density at radius 3 is 2.43 bits per heavy atom. The van der Waals surface area contributed by atoms with Gasteiger partial charge in [-0.15, -0.1) is 0 Å². The van der Waals surface area contributed by atoms with Crippen LogP contribution in [-0.2, 0) is 13.8 Å². The van der Waals surface area contributed by atoms with Crippen molar-refractivity contribution in [2.24, 2.45) is 0 Å². The molecule has 0 spiro atoms. The first-order chi connectivity index (χ1) is 9.82. The summed E-state index contributed by atoms with van der Waals surface area (Å²) in [5.74, 6) is 0.354. The van der Waals surface area contributed by atoms with Crippen molar-refractivity contribution in [1.82, 2.24) is 0 Å². The van der Waals surface area contributed by atoms with E-state index in [0.717, 1.165) is 25.7 Å². The summed E-state index contributed by atoms with van der Waals surface area (Å²) in [5.41, 5.74) is 0. The summed E-state index contributed by atoms with van der Waals surface area (Å²) in [5, 5.41) is -0.0683. The third-order valence-corrected chi connectivity index (χ3v) is 5.82. The molecule has 0 aliphatic heterocycles. The van der Waals surface area contributed by atoms with Gasteiger partial charge >= 0.3 is 0 Å². The van der Waals surface area contributed by atoms with Gasteiger partial charge in [0, 0.05) is 24.2 Å². The molecule has 0 heterocycles. The molecule has 0 N–H and O–H groups in total. The van der Waals surface area contributed by atoms with Crippen molar-refractivity contribution in [1.29, 1.82) is 0 Å². The van der Waals surface area contributed by atoms with Crippen LogP contribution in [0.4, 0.5) is 0 Å². The van der Waals surface area contributed by atoms with Gasteiger partial charge in [0.25, 0.3) is 9.05 Å². The van der Waals surface area contributed by atoms with Gasteiger partial charge in [0.1, 0.15) is 21.8 Å². The lowest BCUT2D eigenvalue weighted by Crippen LogP contribution is -2.29. The van der Waals surface area contributed by atoms with Crippen LogP contribution in [0.3, 0.4) is 0 Å². The zero-order chi connectivity index (χ0) is 15.6. The second-order valence-electron chi connectivity index (χ2n) is 4.89. The van der Waals surface area contributed by atoms with E-state index in [1.807, 2.05) is 0 Å². The van der Waals surface area contributed by atoms with Crippen LogP contribution < -0.4 is 4.74 Å². The molecule has 2 rings (SSSR count). The smallest absolute Gasteiger partial charge is 0.262 e. The SMILES string of the molecule is COC1CCCC(Oc2ccc(S(=O)(=O)Cl)c(Cl)c2Cl)C1. The van der Waals surface area contributed by atoms with Crippen LogP contribution in [0.1, 0.15) is 25.7 Å². The van der Waals surface area contributed by atoms with E-state index in [1.54, 1.807) is 7.11 Å². The Kier molecular flexibility index (Phi) is 5.65. The summed E-state index contributed by atoms with van der Waals surface area (Å²) < 4.78 is 33.9. The number of methoxy groups -OCH3 is 1. The minimum Gasteiger partial charge on any atom is -0.489 e. The summed E-state index contributed by atoms with van der Waals surface area (Å²) in [6.07, 6.45) is 3.80. The highest BCUT2D eigenvalue weighted by Crippen LogP contribution is 2.39. The Bertz CT molecular complexity index is 618. The molecule has 0 aromatic heterocycles. The van der Waals surface area contributed by atoms with Gasteiger partial charge < -0.3 is 9.47 Å². The van der Waals surface area contributed by atoms with Gasteiger partial charge in [0.2, 0.25) is 0 Å². The van der Waals surface area contributed by atoms with Crippen molar-refractivity contribution in [2.45, 2.75) is 42.8 Å². The van der Waals surface area contributed by atoms with Gasteiger partial charge in [-0.25, -0.2) is 8.42 Å². The molecule has 0 bridgehead atoms. The Morgan fingerprint density at radius 2 is 1.81 bits per heavy atom. The third-order valence-electron chi connectivity index (χ3n) is 3.48. The van der Waals surface area contributed by atoms with E-state index in [-0.39, 0.29) is 27.1 Å². The maximum absolute atomic E-state index is 11.4. The first-order valence-electron chi connectivity index (χ1n) is 6.45. The second-order valence-corrected chi connectivity index (χ2v) is 8.18. The van der Waals surface area contributed by atoms with Crippen LogP contribution in [0.15, 0.2) is 17.0 Å². The Labute approximate surface area is 138 Å². The van der Waals surface area contributed by atoms with Crippen LogP contribution in [0.25, 0.3) is 0 Å². The van der Waals surface area contributed by atoms with Crippen LogP contribution in [0.2, 0.25) is 10.0 Å². The highest BCUT2D eigenvalue weighted by atomic mass is 35.7. The zero-order valence-electron chi connectivity index (χ0n) is 11.3. The minimum absolute atomic E-state index is 0.0317. The Hall–Kier alpha value is -0.200. The maximum atomic E-state index is 11.4. The summed E-state index contributed by atoms with van der Waals surface area (Å²) in [6.45, 7) is 0. The fourth-order valence-electron chi connectivity index (χ4n) is 2.40. The molecular formula is C13H15Cl3O4S. The molecule has 0 amide bonds. The van der Waals surface area contributed by atoms with E-state index in [4.69, 9.17) is 43.4 Å². The summed E-state index contributed by atoms with van der Waals surface area (Å²) in [6, 6.07) is 2.77. The van der Waals surface area contributed by atoms with E-state index < -0.39 is 9.05 Å². The molecule has 1 aromatic carbocycles. The average molecular weight is 374 g/mol. The number of rotatable bonds is 4. The maximum Gasteiger partial charge on any atom is 0.262 e. The zero-order valence-corrected chi connectivity index (χ0v) is 14.4. The fourth-order valence-corrected chi connectivity index (χ4v) is 4.17. The number of hydrogen-bond acceptors (Lipinski definition) is 4. The molecule has 1 aromatic rings. The van der Waals surface area contributed by atoms with Crippen molar-refractivity contribution in [3.8, 4) is 5.75 Å². The highest BCUT2D eigenvalue weighted by molar-refractivity contribution is 8.13. The average Bonchev–Trinajstić information content (AvgIpc) is 2.43. The first-order valence-corrected chi connectivity index (χ1v) is 9.51. The Balaban J connectivity index is 2.20. The van der Waals surface area contributed by atoms with E-state index in [1.165, 1.54) is 12.1 Å². The summed E-state index contributed by atoms with van der Waals surface area (Å²) in [4.78, 5) is -0.221. The van der Waals surface area contributed by atoms with E-state index in [0.29, 0.717) is 5.75 Å². The first kappa shape index (κ1) is 17.2. The molecule has 0 saturated heterocycles. The number of benzene rings is 1. The lowest BCUT2D eigenvalue weighted by molar-refractivity contribution is 0.0210. The monoisotopic (exact) mass is 372 g/mol. The molecule has 8 heteroatoms. The second kappa shape index (κ2) is 6.92. The molecule has 2 unspecified atom stereocenters. The van der Waals surface area contributed by atoms with Crippen LogP contribution in [-0.4, -0.2) is 27.7 Å². The molecule has 4 nitrogen and oxygen atoms in total. The van der Waals surface area contributed by atoms with Gasteiger partial charge in [-0.05, 0) is 31.4 Å². The van der Waals surface area contributed by atoms with Gasteiger partial charge in [0.05, 0.1) is 11.1 Å². The number of hydrogen-bond donors (Lipinski definition) is 0. The summed E-state index contributed by atoms with van der Waals surface area (Å²) in [7, 11) is 3.03. The molecule has 1 aliphatic rings. The van der Waals surface area contributed by atoms with Crippen LogP contribution in [0.5, 0.6) is 5.75 Å². The van der Waals surface area contributed by atoms with Crippen molar-refractivity contribution >= 4 is 42.9 Å². The molecule has 1 saturated carbocycles. The molecule has 1 aliphatic carbocycles. The number of ether oxygens (including phenoxy) is 2. The molecule has 2 atom stereocenters. The molecule has 1 fully saturated rings. The van der Waals surface area contributed by atoms with E-state index in [9.17, 15) is 8.42 Å². The number of halogens is 3. The third kappa shape index (κ3) is 4.17. The predicted octanol–water partition coefficient (Wildman–Crippen LogP) is 4.26. The van der Waals surface area contributed by atoms with Gasteiger partial charge in [-0.3, -0.25) is 0 Å². The lowest BCUT2D eigenvalue weighted by atomic mass is 9.95. The standard InChI is InChI=1S/C13H15Cl3O4S/c1-19-8-3-2-4-9(7-8)20-10-5-6-11(21(16,17)18)13(15)12(10)14/h5-6,8-9H,2-4,7H2,1H3. The lowest BCUT2D eigenvalue weighted by Gasteiger charge is -2.29. The van der Waals surface area contributed by atoms with E-state index in [2.05, 4.69) is 0 Å². The van der Waals surface area contributed by atoms with Gasteiger partial charge in [-0.2, -0.15) is 0 Å². The highest BCUT2D eigenvalue weighted by Gasteiger charge is 2.25.